The van der Waals surface area contributed by atoms with Gasteiger partial charge in [-0.25, -0.2) is 4.98 Å². The largest absolute Gasteiger partial charge is 0.396 e. The molecule has 1 aromatic heterocycles. The van der Waals surface area contributed by atoms with Gasteiger partial charge in [-0.15, -0.1) is 0 Å². The third kappa shape index (κ3) is 2.98. The van der Waals surface area contributed by atoms with Crippen LogP contribution in [0.3, 0.4) is 0 Å². The van der Waals surface area contributed by atoms with E-state index in [1.807, 2.05) is 0 Å². The Balaban J connectivity index is 2.82. The summed E-state index contributed by atoms with van der Waals surface area (Å²) in [5, 5.41) is 22.4. The molecule has 0 amide bonds. The van der Waals surface area contributed by atoms with Crippen molar-refractivity contribution in [2.24, 2.45) is 5.11 Å². The van der Waals surface area contributed by atoms with Gasteiger partial charge in [0.15, 0.2) is 5.15 Å². The minimum atomic E-state index is -1.22. The predicted octanol–water partition coefficient (Wildman–Crippen LogP) is 1.02. The quantitative estimate of drug-likeness (QED) is 0.316. The van der Waals surface area contributed by atoms with E-state index in [-0.39, 0.29) is 17.4 Å². The zero-order valence-electron chi connectivity index (χ0n) is 8.16. The van der Waals surface area contributed by atoms with Crippen LogP contribution in [0.5, 0.6) is 0 Å². The molecule has 0 bridgehead atoms. The van der Waals surface area contributed by atoms with Crippen molar-refractivity contribution in [3.05, 3.63) is 33.4 Å². The van der Waals surface area contributed by atoms with Crippen molar-refractivity contribution in [3.8, 4) is 0 Å². The molecule has 0 spiro atoms. The van der Waals surface area contributed by atoms with Crippen LogP contribution in [-0.2, 0) is 0 Å². The Morgan fingerprint density at radius 2 is 2.31 bits per heavy atom. The number of halogens is 1. The molecule has 8 heteroatoms. The van der Waals surface area contributed by atoms with Crippen LogP contribution in [0.1, 0.15) is 11.7 Å². The Morgan fingerprint density at radius 1 is 1.62 bits per heavy atom. The number of aromatic nitrogens is 1. The maximum Gasteiger partial charge on any atom is 0.151 e. The van der Waals surface area contributed by atoms with Crippen LogP contribution >= 0.6 is 11.6 Å². The topological polar surface area (TPSA) is 128 Å². The van der Waals surface area contributed by atoms with Gasteiger partial charge in [0.2, 0.25) is 0 Å². The van der Waals surface area contributed by atoms with Gasteiger partial charge < -0.3 is 15.9 Å². The number of nitrogens with two attached hydrogens (primary N) is 1. The summed E-state index contributed by atoms with van der Waals surface area (Å²) >= 11 is 5.60. The molecule has 0 saturated heterocycles. The zero-order chi connectivity index (χ0) is 12.1. The molecule has 0 aliphatic carbocycles. The predicted molar refractivity (Wildman–Crippen MR) is 58.6 cm³/mol. The fourth-order valence-corrected chi connectivity index (χ4v) is 1.19. The van der Waals surface area contributed by atoms with Gasteiger partial charge in [-0.1, -0.05) is 16.7 Å². The molecule has 0 aliphatic heterocycles. The summed E-state index contributed by atoms with van der Waals surface area (Å²) in [5.74, 6) is 0. The smallest absolute Gasteiger partial charge is 0.151 e. The Hall–Kier alpha value is -1.53. The number of rotatable bonds is 4. The molecule has 0 fully saturated rings. The van der Waals surface area contributed by atoms with E-state index < -0.39 is 12.2 Å². The highest BCUT2D eigenvalue weighted by Crippen LogP contribution is 2.22. The van der Waals surface area contributed by atoms with Gasteiger partial charge in [0.1, 0.15) is 6.10 Å². The third-order valence-electron chi connectivity index (χ3n) is 1.93. The highest BCUT2D eigenvalue weighted by atomic mass is 35.5. The van der Waals surface area contributed by atoms with Crippen molar-refractivity contribution in [1.29, 1.82) is 0 Å². The highest BCUT2D eigenvalue weighted by Gasteiger charge is 2.18. The summed E-state index contributed by atoms with van der Waals surface area (Å²) in [6, 6.07) is 1.40. The van der Waals surface area contributed by atoms with Gasteiger partial charge in [-0.2, -0.15) is 0 Å². The molecule has 1 heterocycles. The van der Waals surface area contributed by atoms with Crippen LogP contribution in [0.4, 0.5) is 5.69 Å². The van der Waals surface area contributed by atoms with E-state index in [4.69, 9.17) is 22.9 Å². The number of hydrogen-bond donors (Lipinski definition) is 3. The summed E-state index contributed by atoms with van der Waals surface area (Å²) < 4.78 is 0. The Morgan fingerprint density at radius 3 is 2.88 bits per heavy atom. The van der Waals surface area contributed by atoms with Crippen LogP contribution < -0.4 is 5.73 Å². The first-order valence-electron chi connectivity index (χ1n) is 4.34. The van der Waals surface area contributed by atoms with E-state index in [2.05, 4.69) is 15.0 Å². The lowest BCUT2D eigenvalue weighted by molar-refractivity contribution is 0.0242. The van der Waals surface area contributed by atoms with Crippen molar-refractivity contribution in [1.82, 2.24) is 4.98 Å². The molecule has 2 unspecified atom stereocenters. The molecule has 0 aromatic carbocycles. The first-order chi connectivity index (χ1) is 7.56. The summed E-state index contributed by atoms with van der Waals surface area (Å²) in [7, 11) is 0. The van der Waals surface area contributed by atoms with Crippen molar-refractivity contribution in [3.63, 3.8) is 0 Å². The maximum absolute atomic E-state index is 9.66. The highest BCUT2D eigenvalue weighted by molar-refractivity contribution is 6.31. The SMILES string of the molecule is [N-]=[N+]=NCC(O)C(O)c1cnc(Cl)c(N)c1. The van der Waals surface area contributed by atoms with E-state index in [1.54, 1.807) is 0 Å². The average molecular weight is 244 g/mol. The second-order valence-corrected chi connectivity index (χ2v) is 3.43. The van der Waals surface area contributed by atoms with Crippen molar-refractivity contribution in [2.45, 2.75) is 12.2 Å². The zero-order valence-corrected chi connectivity index (χ0v) is 8.91. The lowest BCUT2D eigenvalue weighted by Crippen LogP contribution is -2.21. The maximum atomic E-state index is 9.66. The standard InChI is InChI=1S/C8H10ClN5O2/c9-8-5(10)1-4(2-12-8)7(16)6(15)3-13-14-11/h1-2,6-7,15-16H,3,10H2. The van der Waals surface area contributed by atoms with Gasteiger partial charge in [0, 0.05) is 16.7 Å². The number of azide groups is 1. The molecule has 1 rings (SSSR count). The van der Waals surface area contributed by atoms with Gasteiger partial charge >= 0.3 is 0 Å². The fraction of sp³-hybridized carbons (Fsp3) is 0.375. The number of pyridine rings is 1. The first kappa shape index (κ1) is 12.5. The molecule has 4 N–H and O–H groups in total. The van der Waals surface area contributed by atoms with Crippen LogP contribution in [0, 0.1) is 0 Å². The summed E-state index contributed by atoms with van der Waals surface area (Å²) in [6.07, 6.45) is -1.14. The first-order valence-corrected chi connectivity index (χ1v) is 4.72. The van der Waals surface area contributed by atoms with Crippen molar-refractivity contribution in [2.75, 3.05) is 12.3 Å². The van der Waals surface area contributed by atoms with Crippen LogP contribution in [0.25, 0.3) is 10.4 Å². The van der Waals surface area contributed by atoms with Gasteiger partial charge in [0.05, 0.1) is 18.3 Å². The number of aliphatic hydroxyl groups is 2. The fourth-order valence-electron chi connectivity index (χ4n) is 1.09. The van der Waals surface area contributed by atoms with Crippen molar-refractivity contribution >= 4 is 17.3 Å². The van der Waals surface area contributed by atoms with E-state index >= 15 is 0 Å². The van der Waals surface area contributed by atoms with E-state index in [0.717, 1.165) is 0 Å². The third-order valence-corrected chi connectivity index (χ3v) is 2.24. The number of aliphatic hydroxyl groups excluding tert-OH is 2. The molecular weight excluding hydrogens is 234 g/mol. The lowest BCUT2D eigenvalue weighted by Gasteiger charge is -2.16. The second kappa shape index (κ2) is 5.53. The van der Waals surface area contributed by atoms with Crippen LogP contribution in [0.2, 0.25) is 5.15 Å². The van der Waals surface area contributed by atoms with Gasteiger partial charge in [0.25, 0.3) is 0 Å². The second-order valence-electron chi connectivity index (χ2n) is 3.07. The Labute approximate surface area is 96.1 Å². The molecule has 0 saturated carbocycles. The number of anilines is 1. The summed E-state index contributed by atoms with van der Waals surface area (Å²) in [6.45, 7) is -0.236. The average Bonchev–Trinajstić information content (AvgIpc) is 2.28. The number of nitrogen functional groups attached to an aromatic ring is 1. The number of nitrogens with zero attached hydrogens (tertiary/aromatic N) is 4. The normalized spacial score (nSPS) is 13.9. The molecule has 0 aliphatic rings. The molecular formula is C8H10ClN5O2. The molecule has 16 heavy (non-hydrogen) atoms. The Kier molecular flexibility index (Phi) is 4.33. The monoisotopic (exact) mass is 243 g/mol. The molecule has 86 valence electrons. The minimum Gasteiger partial charge on any atom is -0.396 e. The van der Waals surface area contributed by atoms with Crippen LogP contribution in [-0.4, -0.2) is 27.8 Å². The molecule has 1 aromatic rings. The molecule has 0 radical (unpaired) electrons. The molecule has 7 nitrogen and oxygen atoms in total. The number of hydrogen-bond acceptors (Lipinski definition) is 5. The minimum absolute atomic E-state index is 0.125. The van der Waals surface area contributed by atoms with Crippen molar-refractivity contribution < 1.29 is 10.2 Å². The van der Waals surface area contributed by atoms with E-state index in [0.29, 0.717) is 5.56 Å². The molecule has 2 atom stereocenters. The van der Waals surface area contributed by atoms with E-state index in [1.165, 1.54) is 12.3 Å². The van der Waals surface area contributed by atoms with E-state index in [9.17, 15) is 10.2 Å². The Bertz CT molecular complexity index is 421. The van der Waals surface area contributed by atoms with Gasteiger partial charge in [-0.3, -0.25) is 0 Å². The van der Waals surface area contributed by atoms with Gasteiger partial charge in [-0.05, 0) is 11.6 Å². The van der Waals surface area contributed by atoms with Crippen LogP contribution in [0.15, 0.2) is 17.4 Å². The lowest BCUT2D eigenvalue weighted by atomic mass is 10.1. The summed E-state index contributed by atoms with van der Waals surface area (Å²) in [5.41, 5.74) is 14.1. The summed E-state index contributed by atoms with van der Waals surface area (Å²) in [4.78, 5) is 6.20.